The number of nitrogens with zero attached hydrogens (tertiary/aromatic N) is 3. The lowest BCUT2D eigenvalue weighted by atomic mass is 10.2. The normalized spacial score (nSPS) is 11.0. The minimum absolute atomic E-state index is 0.213. The van der Waals surface area contributed by atoms with E-state index in [-0.39, 0.29) is 11.7 Å². The van der Waals surface area contributed by atoms with Gasteiger partial charge in [0.1, 0.15) is 5.75 Å². The molecule has 1 heterocycles. The summed E-state index contributed by atoms with van der Waals surface area (Å²) in [5.41, 5.74) is 5.78. The van der Waals surface area contributed by atoms with Crippen molar-refractivity contribution < 1.29 is 9.53 Å². The first-order valence-corrected chi connectivity index (χ1v) is 12.4. The Kier molecular flexibility index (Phi) is 8.74. The number of rotatable bonds is 9. The van der Waals surface area contributed by atoms with Crippen LogP contribution in [0.25, 0.3) is 0 Å². The quantitative estimate of drug-likeness (QED) is 0.238. The van der Waals surface area contributed by atoms with Gasteiger partial charge in [-0.2, -0.15) is 5.10 Å². The minimum atomic E-state index is -0.214. The molecular weight excluding hydrogens is 504 g/mol. The maximum Gasteiger partial charge on any atom is 0.250 e. The number of nitrogens with one attached hydrogen (secondary N) is 1. The van der Waals surface area contributed by atoms with E-state index in [0.29, 0.717) is 5.75 Å². The molecule has 0 radical (unpaired) electrons. The lowest BCUT2D eigenvalue weighted by Gasteiger charge is -2.04. The van der Waals surface area contributed by atoms with Crippen molar-refractivity contribution in [1.29, 1.82) is 0 Å². The predicted octanol–water partition coefficient (Wildman–Crippen LogP) is 5.15. The van der Waals surface area contributed by atoms with Crippen molar-refractivity contribution in [3.63, 3.8) is 0 Å². The molecule has 0 bridgehead atoms. The van der Waals surface area contributed by atoms with Crippen LogP contribution >= 0.6 is 50.8 Å². The van der Waals surface area contributed by atoms with Crippen molar-refractivity contribution >= 4 is 62.9 Å². The number of hydrogen-bond donors (Lipinski definition) is 1. The van der Waals surface area contributed by atoms with Gasteiger partial charge < -0.3 is 4.74 Å². The Hall–Kier alpha value is -1.88. The summed E-state index contributed by atoms with van der Waals surface area (Å²) in [7, 11) is 1.59. The first kappa shape index (κ1) is 22.8. The van der Waals surface area contributed by atoms with Gasteiger partial charge in [-0.3, -0.25) is 4.79 Å². The zero-order valence-corrected chi connectivity index (χ0v) is 20.3. The Bertz CT molecular complexity index is 1030. The lowest BCUT2D eigenvalue weighted by Crippen LogP contribution is -2.19. The summed E-state index contributed by atoms with van der Waals surface area (Å²) >= 11 is 7.88. The number of thioether (sulfide) groups is 2. The van der Waals surface area contributed by atoms with Crippen molar-refractivity contribution in [2.75, 3.05) is 12.9 Å². The third kappa shape index (κ3) is 7.12. The smallest absolute Gasteiger partial charge is 0.250 e. The van der Waals surface area contributed by atoms with E-state index >= 15 is 0 Å². The number of hydrazone groups is 1. The van der Waals surface area contributed by atoms with Gasteiger partial charge in [0.15, 0.2) is 8.68 Å². The van der Waals surface area contributed by atoms with E-state index in [0.717, 1.165) is 24.5 Å². The molecule has 0 saturated carbocycles. The second kappa shape index (κ2) is 11.5. The van der Waals surface area contributed by atoms with Crippen LogP contribution in [0.2, 0.25) is 0 Å². The third-order valence-electron chi connectivity index (χ3n) is 3.78. The van der Waals surface area contributed by atoms with Crippen molar-refractivity contribution in [2.24, 2.45) is 5.10 Å². The van der Waals surface area contributed by atoms with Crippen molar-refractivity contribution in [3.8, 4) is 5.75 Å². The zero-order chi connectivity index (χ0) is 21.3. The van der Waals surface area contributed by atoms with Crippen molar-refractivity contribution in [2.45, 2.75) is 21.4 Å². The summed E-state index contributed by atoms with van der Waals surface area (Å²) in [5, 5.41) is 12.3. The molecule has 156 valence electrons. The summed E-state index contributed by atoms with van der Waals surface area (Å²) in [6.45, 7) is 2.07. The van der Waals surface area contributed by atoms with Gasteiger partial charge in [0.2, 0.25) is 0 Å². The topological polar surface area (TPSA) is 76.5 Å². The number of methoxy groups -OCH3 is 1. The Morgan fingerprint density at radius 2 is 1.93 bits per heavy atom. The van der Waals surface area contributed by atoms with Gasteiger partial charge in [0, 0.05) is 15.8 Å². The summed E-state index contributed by atoms with van der Waals surface area (Å²) in [6.07, 6.45) is 1.55. The standard InChI is InChI=1S/C20H19BrN4O2S3/c1-13-3-5-14(6-4-13)11-28-19-24-25-20(30-19)29-12-18(26)23-22-10-15-9-16(21)7-8-17(15)27-2/h3-10H,11-12H2,1-2H3,(H,23,26)/b22-10+. The fourth-order valence-electron chi connectivity index (χ4n) is 2.28. The minimum Gasteiger partial charge on any atom is -0.496 e. The van der Waals surface area contributed by atoms with E-state index < -0.39 is 0 Å². The van der Waals surface area contributed by atoms with Gasteiger partial charge in [0.25, 0.3) is 5.91 Å². The Balaban J connectivity index is 1.44. The number of benzene rings is 2. The number of aryl methyl sites for hydroxylation is 1. The van der Waals surface area contributed by atoms with Crippen molar-refractivity contribution in [3.05, 3.63) is 63.6 Å². The molecule has 2 aromatic carbocycles. The average molecular weight is 524 g/mol. The summed E-state index contributed by atoms with van der Waals surface area (Å²) in [4.78, 5) is 12.0. The maximum absolute atomic E-state index is 12.0. The molecule has 0 spiro atoms. The molecule has 0 aliphatic carbocycles. The van der Waals surface area contributed by atoms with Gasteiger partial charge in [0.05, 0.1) is 19.1 Å². The Labute approximate surface area is 196 Å². The highest BCUT2D eigenvalue weighted by Gasteiger charge is 2.09. The first-order valence-electron chi connectivity index (χ1n) is 8.83. The first-order chi connectivity index (χ1) is 14.5. The molecule has 0 aliphatic heterocycles. The summed E-state index contributed by atoms with van der Waals surface area (Å²) in [6, 6.07) is 14.0. The molecule has 3 aromatic rings. The molecule has 0 saturated heterocycles. The third-order valence-corrected chi connectivity index (χ3v) is 7.54. The highest BCUT2D eigenvalue weighted by molar-refractivity contribution is 9.10. The van der Waals surface area contributed by atoms with Crippen LogP contribution in [-0.2, 0) is 10.5 Å². The van der Waals surface area contributed by atoms with Crippen LogP contribution in [0, 0.1) is 6.92 Å². The van der Waals surface area contributed by atoms with Gasteiger partial charge in [-0.1, -0.05) is 80.6 Å². The van der Waals surface area contributed by atoms with Gasteiger partial charge in [-0.25, -0.2) is 5.43 Å². The van der Waals surface area contributed by atoms with Crippen LogP contribution in [0.3, 0.4) is 0 Å². The highest BCUT2D eigenvalue weighted by Crippen LogP contribution is 2.30. The average Bonchev–Trinajstić information content (AvgIpc) is 3.20. The lowest BCUT2D eigenvalue weighted by molar-refractivity contribution is -0.118. The van der Waals surface area contributed by atoms with E-state index in [1.807, 2.05) is 18.2 Å². The number of carbonyl (C=O) groups excluding carboxylic acids is 1. The van der Waals surface area contributed by atoms with E-state index in [9.17, 15) is 4.79 Å². The van der Waals surface area contributed by atoms with Crippen LogP contribution in [0.1, 0.15) is 16.7 Å². The monoisotopic (exact) mass is 522 g/mol. The van der Waals surface area contributed by atoms with E-state index in [1.165, 1.54) is 34.2 Å². The van der Waals surface area contributed by atoms with Gasteiger partial charge in [-0.05, 0) is 30.7 Å². The largest absolute Gasteiger partial charge is 0.496 e. The number of amides is 1. The number of carbonyl (C=O) groups is 1. The van der Waals surface area contributed by atoms with Gasteiger partial charge in [-0.15, -0.1) is 10.2 Å². The fourth-order valence-corrected chi connectivity index (χ4v) is 5.43. The molecule has 0 aliphatic rings. The number of hydrogen-bond acceptors (Lipinski definition) is 8. The Morgan fingerprint density at radius 3 is 2.67 bits per heavy atom. The molecule has 1 N–H and O–H groups in total. The Morgan fingerprint density at radius 1 is 1.20 bits per heavy atom. The van der Waals surface area contributed by atoms with E-state index in [1.54, 1.807) is 25.1 Å². The second-order valence-corrected chi connectivity index (χ2v) is 10.4. The highest BCUT2D eigenvalue weighted by atomic mass is 79.9. The molecule has 1 aromatic heterocycles. The van der Waals surface area contributed by atoms with Crippen LogP contribution in [0.4, 0.5) is 0 Å². The zero-order valence-electron chi connectivity index (χ0n) is 16.3. The molecule has 30 heavy (non-hydrogen) atoms. The van der Waals surface area contributed by atoms with Crippen molar-refractivity contribution in [1.82, 2.24) is 15.6 Å². The summed E-state index contributed by atoms with van der Waals surface area (Å²) < 4.78 is 7.82. The molecule has 0 atom stereocenters. The molecular formula is C20H19BrN4O2S3. The summed E-state index contributed by atoms with van der Waals surface area (Å²) in [5.74, 6) is 1.52. The maximum atomic E-state index is 12.0. The molecule has 6 nitrogen and oxygen atoms in total. The molecule has 0 fully saturated rings. The molecule has 10 heteroatoms. The molecule has 3 rings (SSSR count). The van der Waals surface area contributed by atoms with E-state index in [2.05, 4.69) is 67.8 Å². The van der Waals surface area contributed by atoms with Crippen LogP contribution in [-0.4, -0.2) is 35.2 Å². The van der Waals surface area contributed by atoms with Gasteiger partial charge >= 0.3 is 0 Å². The fraction of sp³-hybridized carbons (Fsp3) is 0.200. The number of halogens is 1. The van der Waals surface area contributed by atoms with Crippen LogP contribution in [0.5, 0.6) is 5.75 Å². The predicted molar refractivity (Wildman–Crippen MR) is 128 cm³/mol. The number of ether oxygens (including phenoxy) is 1. The van der Waals surface area contributed by atoms with Crippen LogP contribution in [0.15, 0.2) is 60.7 Å². The molecule has 1 amide bonds. The second-order valence-electron chi connectivity index (χ2n) is 6.08. The van der Waals surface area contributed by atoms with E-state index in [4.69, 9.17) is 4.74 Å². The number of aromatic nitrogens is 2. The van der Waals surface area contributed by atoms with Crippen LogP contribution < -0.4 is 10.2 Å². The SMILES string of the molecule is COc1ccc(Br)cc1/C=N/NC(=O)CSc1nnc(SCc2ccc(C)cc2)s1. The molecule has 0 unspecified atom stereocenters.